The average Bonchev–Trinajstić information content (AvgIpc) is 2.21. The summed E-state index contributed by atoms with van der Waals surface area (Å²) < 4.78 is 0. The predicted molar refractivity (Wildman–Crippen MR) is 87.5 cm³/mol. The first-order valence-corrected chi connectivity index (χ1v) is 5.99. The Balaban J connectivity index is 0. The Labute approximate surface area is 124 Å². The van der Waals surface area contributed by atoms with Crippen molar-refractivity contribution in [3.05, 3.63) is 0 Å². The second-order valence-corrected chi connectivity index (χ2v) is 4.71. The van der Waals surface area contributed by atoms with E-state index in [1.165, 1.54) is 6.42 Å². The third kappa shape index (κ3) is 7.81. The minimum absolute atomic E-state index is 0. The van der Waals surface area contributed by atoms with Crippen molar-refractivity contribution in [1.29, 1.82) is 0 Å². The van der Waals surface area contributed by atoms with Crippen LogP contribution in [0.5, 0.6) is 0 Å². The SMILES string of the molecule is CCC(C)N(C)CCN=C(N(C)C)N(C)C.I. The topological polar surface area (TPSA) is 22.1 Å². The molecule has 0 fully saturated rings. The van der Waals surface area contributed by atoms with E-state index in [-0.39, 0.29) is 24.0 Å². The Hall–Kier alpha value is -0.0400. The van der Waals surface area contributed by atoms with Crippen LogP contribution in [0, 0.1) is 0 Å². The molecule has 0 saturated heterocycles. The van der Waals surface area contributed by atoms with Crippen LogP contribution in [-0.2, 0) is 0 Å². The molecular weight excluding hydrogens is 327 g/mol. The van der Waals surface area contributed by atoms with E-state index in [1.807, 2.05) is 38.0 Å². The van der Waals surface area contributed by atoms with Crippen LogP contribution in [0.1, 0.15) is 20.3 Å². The molecule has 0 saturated carbocycles. The summed E-state index contributed by atoms with van der Waals surface area (Å²) in [5.41, 5.74) is 0. The van der Waals surface area contributed by atoms with Crippen molar-refractivity contribution in [2.45, 2.75) is 26.3 Å². The highest BCUT2D eigenvalue weighted by molar-refractivity contribution is 14.0. The van der Waals surface area contributed by atoms with Gasteiger partial charge in [0.25, 0.3) is 0 Å². The molecule has 0 rings (SSSR count). The van der Waals surface area contributed by atoms with Gasteiger partial charge in [-0.15, -0.1) is 24.0 Å². The Morgan fingerprint density at radius 2 is 1.53 bits per heavy atom. The number of guanidine groups is 1. The van der Waals surface area contributed by atoms with Gasteiger partial charge in [0.2, 0.25) is 0 Å². The second kappa shape index (κ2) is 9.94. The summed E-state index contributed by atoms with van der Waals surface area (Å²) >= 11 is 0. The van der Waals surface area contributed by atoms with Gasteiger partial charge in [-0.1, -0.05) is 6.92 Å². The molecular formula is C12H29IN4. The fourth-order valence-electron chi connectivity index (χ4n) is 1.52. The van der Waals surface area contributed by atoms with E-state index in [1.54, 1.807) is 0 Å². The Kier molecular flexibility index (Phi) is 11.3. The Morgan fingerprint density at radius 3 is 1.88 bits per heavy atom. The summed E-state index contributed by atoms with van der Waals surface area (Å²) in [6.45, 7) is 6.34. The van der Waals surface area contributed by atoms with E-state index < -0.39 is 0 Å². The van der Waals surface area contributed by atoms with E-state index in [0.717, 1.165) is 19.0 Å². The maximum Gasteiger partial charge on any atom is 0.195 e. The molecule has 0 heterocycles. The highest BCUT2D eigenvalue weighted by Gasteiger charge is 2.07. The van der Waals surface area contributed by atoms with Gasteiger partial charge in [-0.3, -0.25) is 4.99 Å². The zero-order valence-electron chi connectivity index (χ0n) is 12.4. The van der Waals surface area contributed by atoms with Gasteiger partial charge in [-0.2, -0.15) is 0 Å². The number of aliphatic imine (C=N–C) groups is 1. The molecule has 1 unspecified atom stereocenters. The Bertz CT molecular complexity index is 207. The van der Waals surface area contributed by atoms with Crippen LogP contribution in [0.25, 0.3) is 0 Å². The van der Waals surface area contributed by atoms with Crippen molar-refractivity contribution < 1.29 is 0 Å². The summed E-state index contributed by atoms with van der Waals surface area (Å²) in [5, 5.41) is 0. The molecule has 0 N–H and O–H groups in total. The summed E-state index contributed by atoms with van der Waals surface area (Å²) in [7, 11) is 10.3. The molecule has 0 aliphatic rings. The average molecular weight is 356 g/mol. The first-order valence-electron chi connectivity index (χ1n) is 5.99. The van der Waals surface area contributed by atoms with E-state index in [9.17, 15) is 0 Å². The monoisotopic (exact) mass is 356 g/mol. The molecule has 0 spiro atoms. The molecule has 104 valence electrons. The maximum absolute atomic E-state index is 4.61. The minimum atomic E-state index is 0. The molecule has 0 aromatic heterocycles. The standard InChI is InChI=1S/C12H28N4.HI/c1-8-11(2)16(7)10-9-13-12(14(3)4)15(5)6;/h11H,8-10H2,1-7H3;1H. The van der Waals surface area contributed by atoms with Gasteiger partial charge in [0.15, 0.2) is 5.96 Å². The van der Waals surface area contributed by atoms with Crippen molar-refractivity contribution >= 4 is 29.9 Å². The highest BCUT2D eigenvalue weighted by Crippen LogP contribution is 1.99. The van der Waals surface area contributed by atoms with E-state index in [0.29, 0.717) is 6.04 Å². The highest BCUT2D eigenvalue weighted by atomic mass is 127. The number of nitrogens with zero attached hydrogens (tertiary/aromatic N) is 4. The number of hydrogen-bond donors (Lipinski definition) is 0. The summed E-state index contributed by atoms with van der Waals surface area (Å²) in [6.07, 6.45) is 1.19. The lowest BCUT2D eigenvalue weighted by atomic mass is 10.2. The molecule has 0 radical (unpaired) electrons. The van der Waals surface area contributed by atoms with Gasteiger partial charge in [0.1, 0.15) is 0 Å². The smallest absolute Gasteiger partial charge is 0.195 e. The van der Waals surface area contributed by atoms with E-state index in [2.05, 4.69) is 30.8 Å². The normalized spacial score (nSPS) is 11.8. The van der Waals surface area contributed by atoms with Gasteiger partial charge < -0.3 is 14.7 Å². The van der Waals surface area contributed by atoms with Crippen LogP contribution >= 0.6 is 24.0 Å². The number of hydrogen-bond acceptors (Lipinski definition) is 2. The molecule has 17 heavy (non-hydrogen) atoms. The van der Waals surface area contributed by atoms with Crippen LogP contribution in [0.15, 0.2) is 4.99 Å². The maximum atomic E-state index is 4.61. The van der Waals surface area contributed by atoms with Crippen LogP contribution < -0.4 is 0 Å². The molecule has 5 heteroatoms. The third-order valence-electron chi connectivity index (χ3n) is 2.85. The molecule has 0 aromatic carbocycles. The fourth-order valence-corrected chi connectivity index (χ4v) is 1.52. The molecule has 4 nitrogen and oxygen atoms in total. The fraction of sp³-hybridized carbons (Fsp3) is 0.917. The quantitative estimate of drug-likeness (QED) is 0.426. The van der Waals surface area contributed by atoms with Crippen molar-refractivity contribution in [3.8, 4) is 0 Å². The first-order chi connectivity index (χ1) is 7.40. The van der Waals surface area contributed by atoms with Gasteiger partial charge in [0.05, 0.1) is 6.54 Å². The number of halogens is 1. The lowest BCUT2D eigenvalue weighted by Gasteiger charge is -2.25. The van der Waals surface area contributed by atoms with E-state index in [4.69, 9.17) is 0 Å². The van der Waals surface area contributed by atoms with Gasteiger partial charge >= 0.3 is 0 Å². The first kappa shape index (κ1) is 19.3. The van der Waals surface area contributed by atoms with Crippen LogP contribution in [0.3, 0.4) is 0 Å². The molecule has 0 amide bonds. The van der Waals surface area contributed by atoms with E-state index >= 15 is 0 Å². The predicted octanol–water partition coefficient (Wildman–Crippen LogP) is 1.81. The molecule has 1 atom stereocenters. The van der Waals surface area contributed by atoms with Gasteiger partial charge in [0, 0.05) is 40.8 Å². The second-order valence-electron chi connectivity index (χ2n) is 4.71. The largest absolute Gasteiger partial charge is 0.349 e. The number of likely N-dealkylation sites (N-methyl/N-ethyl adjacent to an activating group) is 1. The molecule has 0 aliphatic carbocycles. The van der Waals surface area contributed by atoms with Crippen molar-refractivity contribution in [3.63, 3.8) is 0 Å². The van der Waals surface area contributed by atoms with Crippen molar-refractivity contribution in [2.24, 2.45) is 4.99 Å². The Morgan fingerprint density at radius 1 is 1.06 bits per heavy atom. The third-order valence-corrected chi connectivity index (χ3v) is 2.85. The van der Waals surface area contributed by atoms with Crippen molar-refractivity contribution in [1.82, 2.24) is 14.7 Å². The lowest BCUT2D eigenvalue weighted by molar-refractivity contribution is 0.258. The van der Waals surface area contributed by atoms with Crippen LogP contribution in [0.2, 0.25) is 0 Å². The van der Waals surface area contributed by atoms with Gasteiger partial charge in [-0.25, -0.2) is 0 Å². The molecule has 0 aromatic rings. The number of rotatable bonds is 5. The molecule has 0 aliphatic heterocycles. The lowest BCUT2D eigenvalue weighted by Crippen LogP contribution is -2.37. The van der Waals surface area contributed by atoms with Crippen LogP contribution in [-0.4, -0.2) is 75.0 Å². The zero-order chi connectivity index (χ0) is 12.7. The minimum Gasteiger partial charge on any atom is -0.349 e. The molecule has 0 bridgehead atoms. The van der Waals surface area contributed by atoms with Gasteiger partial charge in [-0.05, 0) is 20.4 Å². The zero-order valence-corrected chi connectivity index (χ0v) is 14.7. The van der Waals surface area contributed by atoms with Crippen LogP contribution in [0.4, 0.5) is 0 Å². The summed E-state index contributed by atoms with van der Waals surface area (Å²) in [5.74, 6) is 1.03. The van der Waals surface area contributed by atoms with Crippen molar-refractivity contribution in [2.75, 3.05) is 48.3 Å². The summed E-state index contributed by atoms with van der Waals surface area (Å²) in [6, 6.07) is 0.636. The summed E-state index contributed by atoms with van der Waals surface area (Å²) in [4.78, 5) is 11.0.